The molecule has 1 saturated heterocycles. The molecule has 22 heavy (non-hydrogen) atoms. The van der Waals surface area contributed by atoms with Gasteiger partial charge in [0.1, 0.15) is 0 Å². The highest BCUT2D eigenvalue weighted by atomic mass is 35.5. The number of rotatable bonds is 3. The third-order valence-corrected chi connectivity index (χ3v) is 5.80. The Morgan fingerprint density at radius 2 is 1.95 bits per heavy atom. The van der Waals surface area contributed by atoms with Crippen LogP contribution in [0.3, 0.4) is 0 Å². The highest BCUT2D eigenvalue weighted by Gasteiger charge is 2.36. The number of nitrogens with zero attached hydrogens (tertiary/aromatic N) is 1. The fraction of sp³-hybridized carbons (Fsp3) is 0.538. The normalized spacial score (nSPS) is 21.0. The average molecular weight is 357 g/mol. The van der Waals surface area contributed by atoms with E-state index in [1.165, 1.54) is 4.31 Å². The van der Waals surface area contributed by atoms with Crippen LogP contribution in [0.15, 0.2) is 23.1 Å². The van der Waals surface area contributed by atoms with E-state index in [1.807, 2.05) is 0 Å². The van der Waals surface area contributed by atoms with Crippen molar-refractivity contribution >= 4 is 21.6 Å². The predicted molar refractivity (Wildman–Crippen MR) is 77.0 cm³/mol. The molecule has 4 nitrogen and oxygen atoms in total. The summed E-state index contributed by atoms with van der Waals surface area (Å²) in [4.78, 5) is -0.451. The molecule has 2 N–H and O–H groups in total. The third-order valence-electron chi connectivity index (χ3n) is 3.65. The maximum Gasteiger partial charge on any atom is 0.416 e. The topological polar surface area (TPSA) is 63.4 Å². The smallest absolute Gasteiger partial charge is 0.329 e. The van der Waals surface area contributed by atoms with Gasteiger partial charge in [0.2, 0.25) is 10.0 Å². The molecule has 1 aromatic carbocycles. The van der Waals surface area contributed by atoms with Crippen LogP contribution >= 0.6 is 11.6 Å². The number of hydrogen-bond donors (Lipinski definition) is 1. The lowest BCUT2D eigenvalue weighted by molar-refractivity contribution is -0.137. The number of hydrogen-bond acceptors (Lipinski definition) is 3. The highest BCUT2D eigenvalue weighted by Crippen LogP contribution is 2.34. The molecule has 1 aromatic rings. The molecule has 0 radical (unpaired) electrons. The van der Waals surface area contributed by atoms with Gasteiger partial charge in [-0.05, 0) is 31.0 Å². The molecule has 1 aliphatic rings. The molecule has 0 spiro atoms. The van der Waals surface area contributed by atoms with Gasteiger partial charge in [-0.2, -0.15) is 17.5 Å². The van der Waals surface area contributed by atoms with Crippen molar-refractivity contribution in [3.8, 4) is 0 Å². The van der Waals surface area contributed by atoms with Gasteiger partial charge in [0, 0.05) is 24.2 Å². The van der Waals surface area contributed by atoms with E-state index in [1.54, 1.807) is 0 Å². The van der Waals surface area contributed by atoms with Crippen molar-refractivity contribution in [3.63, 3.8) is 0 Å². The van der Waals surface area contributed by atoms with E-state index in [0.717, 1.165) is 12.5 Å². The minimum Gasteiger partial charge on any atom is -0.329 e. The van der Waals surface area contributed by atoms with Gasteiger partial charge in [-0.25, -0.2) is 8.42 Å². The van der Waals surface area contributed by atoms with Crippen molar-refractivity contribution < 1.29 is 21.6 Å². The van der Waals surface area contributed by atoms with E-state index < -0.39 is 32.7 Å². The molecule has 1 aliphatic heterocycles. The molecular weight excluding hydrogens is 341 g/mol. The van der Waals surface area contributed by atoms with Crippen LogP contribution in [-0.2, 0) is 16.2 Å². The van der Waals surface area contributed by atoms with E-state index in [0.29, 0.717) is 25.0 Å². The molecule has 1 unspecified atom stereocenters. The van der Waals surface area contributed by atoms with E-state index in [2.05, 4.69) is 0 Å². The second-order valence-electron chi connectivity index (χ2n) is 5.17. The first-order chi connectivity index (χ1) is 10.2. The summed E-state index contributed by atoms with van der Waals surface area (Å²) in [5.74, 6) is 0. The molecule has 0 amide bonds. The quantitative estimate of drug-likeness (QED) is 0.905. The Labute approximate surface area is 132 Å². The Morgan fingerprint density at radius 1 is 1.27 bits per heavy atom. The van der Waals surface area contributed by atoms with Crippen molar-refractivity contribution in [2.75, 3.05) is 13.1 Å². The van der Waals surface area contributed by atoms with Crippen LogP contribution in [0.5, 0.6) is 0 Å². The summed E-state index contributed by atoms with van der Waals surface area (Å²) in [5.41, 5.74) is 4.50. The maximum atomic E-state index is 12.8. The molecule has 0 bridgehead atoms. The highest BCUT2D eigenvalue weighted by molar-refractivity contribution is 7.89. The summed E-state index contributed by atoms with van der Waals surface area (Å²) in [6.45, 7) is 0.379. The van der Waals surface area contributed by atoms with Crippen molar-refractivity contribution in [3.05, 3.63) is 28.8 Å². The van der Waals surface area contributed by atoms with Crippen LogP contribution in [0, 0.1) is 0 Å². The first-order valence-corrected chi connectivity index (χ1v) is 8.58. The summed E-state index contributed by atoms with van der Waals surface area (Å²) in [6.07, 6.45) is -2.56. The molecule has 1 atom stereocenters. The molecule has 1 fully saturated rings. The molecule has 2 rings (SSSR count). The summed E-state index contributed by atoms with van der Waals surface area (Å²) in [7, 11) is -4.06. The van der Waals surface area contributed by atoms with E-state index in [4.69, 9.17) is 17.3 Å². The van der Waals surface area contributed by atoms with Gasteiger partial charge in [0.25, 0.3) is 0 Å². The van der Waals surface area contributed by atoms with Crippen molar-refractivity contribution in [2.45, 2.75) is 36.4 Å². The van der Waals surface area contributed by atoms with Gasteiger partial charge in [-0.1, -0.05) is 18.0 Å². The summed E-state index contributed by atoms with van der Waals surface area (Å²) < 4.78 is 64.9. The summed E-state index contributed by atoms with van der Waals surface area (Å²) >= 11 is 5.66. The molecule has 9 heteroatoms. The van der Waals surface area contributed by atoms with Crippen molar-refractivity contribution in [1.82, 2.24) is 4.31 Å². The lowest BCUT2D eigenvalue weighted by Gasteiger charge is -2.34. The fourth-order valence-electron chi connectivity index (χ4n) is 2.54. The van der Waals surface area contributed by atoms with Crippen LogP contribution in [0.1, 0.15) is 24.8 Å². The molecule has 0 aliphatic carbocycles. The third kappa shape index (κ3) is 3.56. The second kappa shape index (κ2) is 6.35. The fourth-order valence-corrected chi connectivity index (χ4v) is 4.61. The first kappa shape index (κ1) is 17.5. The lowest BCUT2D eigenvalue weighted by Crippen LogP contribution is -2.47. The van der Waals surface area contributed by atoms with Crippen LogP contribution in [-0.4, -0.2) is 31.9 Å². The number of alkyl halides is 3. The molecule has 1 heterocycles. The number of halogens is 4. The van der Waals surface area contributed by atoms with Gasteiger partial charge in [0.15, 0.2) is 0 Å². The molecule has 124 valence electrons. The summed E-state index contributed by atoms with van der Waals surface area (Å²) in [6, 6.07) is 1.96. The van der Waals surface area contributed by atoms with Gasteiger partial charge in [-0.3, -0.25) is 0 Å². The van der Waals surface area contributed by atoms with E-state index in [-0.39, 0.29) is 18.1 Å². The molecular formula is C13H16ClF3N2O2S. The van der Waals surface area contributed by atoms with Gasteiger partial charge in [0.05, 0.1) is 10.5 Å². The predicted octanol–water partition coefficient (Wildman–Crippen LogP) is 2.86. The summed E-state index contributed by atoms with van der Waals surface area (Å²) in [5, 5.41) is -0.269. The number of nitrogens with two attached hydrogens (primary N) is 1. The zero-order valence-corrected chi connectivity index (χ0v) is 13.2. The minimum absolute atomic E-state index is 0.131. The number of sulfonamides is 1. The van der Waals surface area contributed by atoms with Crippen molar-refractivity contribution in [1.29, 1.82) is 0 Å². The van der Waals surface area contributed by atoms with Crippen LogP contribution in [0.2, 0.25) is 5.02 Å². The van der Waals surface area contributed by atoms with E-state index >= 15 is 0 Å². The standard InChI is InChI=1S/C13H16ClF3N2O2S/c14-10-5-9(13(15,16)17)6-12(7-10)22(20,21)19-4-2-1-3-11(19)8-18/h5-7,11H,1-4,8,18H2. The minimum atomic E-state index is -4.66. The first-order valence-electron chi connectivity index (χ1n) is 6.76. The van der Waals surface area contributed by atoms with Gasteiger partial charge < -0.3 is 5.73 Å². The second-order valence-corrected chi connectivity index (χ2v) is 7.50. The monoisotopic (exact) mass is 356 g/mol. The zero-order valence-electron chi connectivity index (χ0n) is 11.6. The number of piperidine rings is 1. The van der Waals surface area contributed by atoms with Gasteiger partial charge >= 0.3 is 6.18 Å². The van der Waals surface area contributed by atoms with Crippen LogP contribution < -0.4 is 5.73 Å². The largest absolute Gasteiger partial charge is 0.416 e. The SMILES string of the molecule is NCC1CCCCN1S(=O)(=O)c1cc(Cl)cc(C(F)(F)F)c1. The average Bonchev–Trinajstić information content (AvgIpc) is 2.45. The van der Waals surface area contributed by atoms with E-state index in [9.17, 15) is 21.6 Å². The maximum absolute atomic E-state index is 12.8. The van der Waals surface area contributed by atoms with Crippen LogP contribution in [0.4, 0.5) is 13.2 Å². The Hall–Kier alpha value is -0.830. The molecule has 0 saturated carbocycles. The Morgan fingerprint density at radius 3 is 2.55 bits per heavy atom. The van der Waals surface area contributed by atoms with Crippen molar-refractivity contribution in [2.24, 2.45) is 5.73 Å². The Balaban J connectivity index is 2.47. The lowest BCUT2D eigenvalue weighted by atomic mass is 10.1. The molecule has 0 aromatic heterocycles. The Bertz CT molecular complexity index is 649. The number of benzene rings is 1. The van der Waals surface area contributed by atoms with Crippen LogP contribution in [0.25, 0.3) is 0 Å². The van der Waals surface area contributed by atoms with Gasteiger partial charge in [-0.15, -0.1) is 0 Å². The Kier molecular flexibility index (Phi) is 5.06. The zero-order chi connectivity index (χ0) is 16.5.